The first-order chi connectivity index (χ1) is 18.5. The van der Waals surface area contributed by atoms with Crippen LogP contribution in [0.4, 0.5) is 17.2 Å². The van der Waals surface area contributed by atoms with E-state index in [9.17, 15) is 19.7 Å². The van der Waals surface area contributed by atoms with Crippen molar-refractivity contribution in [2.75, 3.05) is 49.1 Å². The van der Waals surface area contributed by atoms with E-state index in [4.69, 9.17) is 0 Å². The van der Waals surface area contributed by atoms with Gasteiger partial charge in [-0.05, 0) is 49.2 Å². The van der Waals surface area contributed by atoms with Crippen molar-refractivity contribution in [3.8, 4) is 0 Å². The van der Waals surface area contributed by atoms with Gasteiger partial charge >= 0.3 is 0 Å². The Morgan fingerprint density at radius 2 is 1.53 bits per heavy atom. The van der Waals surface area contributed by atoms with Crippen molar-refractivity contribution in [3.05, 3.63) is 94.2 Å². The van der Waals surface area contributed by atoms with Crippen LogP contribution in [0.15, 0.2) is 72.9 Å². The highest BCUT2D eigenvalue weighted by Crippen LogP contribution is 2.26. The highest BCUT2D eigenvalue weighted by atomic mass is 16.6. The Bertz CT molecular complexity index is 1280. The number of para-hydroxylation sites is 1. The number of rotatable bonds is 6. The molecule has 3 aromatic rings. The van der Waals surface area contributed by atoms with Crippen molar-refractivity contribution in [2.45, 2.75) is 18.9 Å². The second-order valence-electron chi connectivity index (χ2n) is 9.52. The van der Waals surface area contributed by atoms with Crippen LogP contribution >= 0.6 is 0 Å². The van der Waals surface area contributed by atoms with E-state index in [1.54, 1.807) is 6.20 Å². The summed E-state index contributed by atoms with van der Waals surface area (Å²) >= 11 is 0. The number of aromatic nitrogens is 1. The summed E-state index contributed by atoms with van der Waals surface area (Å²) in [6.07, 6.45) is 3.27. The van der Waals surface area contributed by atoms with Crippen molar-refractivity contribution < 1.29 is 14.5 Å². The molecule has 1 N–H and O–H groups in total. The topological polar surface area (TPSA) is 112 Å². The Morgan fingerprint density at radius 1 is 0.842 bits per heavy atom. The van der Waals surface area contributed by atoms with Gasteiger partial charge < -0.3 is 20.0 Å². The summed E-state index contributed by atoms with van der Waals surface area (Å²) in [5.41, 5.74) is 1.98. The average Bonchev–Trinajstić information content (AvgIpc) is 2.98. The van der Waals surface area contributed by atoms with Crippen molar-refractivity contribution in [3.63, 3.8) is 0 Å². The summed E-state index contributed by atoms with van der Waals surface area (Å²) in [4.78, 5) is 47.2. The quantitative estimate of drug-likeness (QED) is 0.397. The molecule has 2 aromatic carbocycles. The van der Waals surface area contributed by atoms with Crippen LogP contribution in [0, 0.1) is 10.1 Å². The number of benzene rings is 2. The molecule has 0 aliphatic carbocycles. The first-order valence-corrected chi connectivity index (χ1v) is 12.8. The van der Waals surface area contributed by atoms with Gasteiger partial charge in [-0.1, -0.05) is 18.2 Å². The predicted octanol–water partition coefficient (Wildman–Crippen LogP) is 3.35. The number of nitro benzene ring substituents is 1. The number of pyridine rings is 1. The summed E-state index contributed by atoms with van der Waals surface area (Å²) in [5, 5.41) is 13.9. The molecule has 0 spiro atoms. The molecule has 10 heteroatoms. The summed E-state index contributed by atoms with van der Waals surface area (Å²) in [7, 11) is 0. The second kappa shape index (κ2) is 11.3. The summed E-state index contributed by atoms with van der Waals surface area (Å²) < 4.78 is 0. The van der Waals surface area contributed by atoms with E-state index in [0.29, 0.717) is 37.3 Å². The molecule has 196 valence electrons. The lowest BCUT2D eigenvalue weighted by molar-refractivity contribution is -0.384. The zero-order chi connectivity index (χ0) is 26.5. The van der Waals surface area contributed by atoms with Gasteiger partial charge in [0.15, 0.2) is 0 Å². The molecule has 0 unspecified atom stereocenters. The minimum Gasteiger partial charge on any atom is -0.371 e. The molecular weight excluding hydrogens is 484 g/mol. The minimum atomic E-state index is -0.484. The molecule has 0 atom stereocenters. The lowest BCUT2D eigenvalue weighted by Gasteiger charge is -2.37. The highest BCUT2D eigenvalue weighted by molar-refractivity contribution is 6.00. The maximum absolute atomic E-state index is 13.5. The van der Waals surface area contributed by atoms with Gasteiger partial charge in [0.05, 0.1) is 10.5 Å². The predicted molar refractivity (Wildman–Crippen MR) is 145 cm³/mol. The van der Waals surface area contributed by atoms with Gasteiger partial charge in [-0.25, -0.2) is 4.98 Å². The molecule has 2 fully saturated rings. The summed E-state index contributed by atoms with van der Waals surface area (Å²) in [6.45, 7) is 4.18. The van der Waals surface area contributed by atoms with Crippen LogP contribution in [0.5, 0.6) is 0 Å². The zero-order valence-electron chi connectivity index (χ0n) is 21.0. The third-order valence-corrected chi connectivity index (χ3v) is 7.19. The smallest absolute Gasteiger partial charge is 0.269 e. The van der Waals surface area contributed by atoms with Crippen LogP contribution in [-0.4, -0.2) is 71.9 Å². The first kappa shape index (κ1) is 25.2. The fourth-order valence-corrected chi connectivity index (χ4v) is 5.05. The molecule has 0 saturated carbocycles. The number of piperazine rings is 1. The van der Waals surface area contributed by atoms with Gasteiger partial charge in [-0.2, -0.15) is 0 Å². The minimum absolute atomic E-state index is 0.00326. The molecule has 0 radical (unpaired) electrons. The fraction of sp³-hybridized carbons (Fsp3) is 0.321. The van der Waals surface area contributed by atoms with Crippen LogP contribution in [0.2, 0.25) is 0 Å². The highest BCUT2D eigenvalue weighted by Gasteiger charge is 2.28. The van der Waals surface area contributed by atoms with Crippen LogP contribution in [-0.2, 0) is 0 Å². The Balaban J connectivity index is 1.17. The number of nitrogens with zero attached hydrogens (tertiary/aromatic N) is 5. The molecular formula is C28H30N6O4. The standard InChI is InChI=1S/C28H30N6O4/c35-27(21-8-10-23(11-9-21)34(37)38)30-22-12-15-31(16-13-22)25-6-2-1-5-24(25)28(36)33-19-17-32(18-20-33)26-7-3-4-14-29-26/h1-11,14,22H,12-13,15-20H2,(H,30,35). The van der Waals surface area contributed by atoms with Crippen LogP contribution < -0.4 is 15.1 Å². The number of anilines is 2. The number of hydrogen-bond donors (Lipinski definition) is 1. The number of non-ortho nitro benzene ring substituents is 1. The van der Waals surface area contributed by atoms with Gasteiger partial charge in [0.25, 0.3) is 17.5 Å². The van der Waals surface area contributed by atoms with Gasteiger partial charge in [0.1, 0.15) is 5.82 Å². The van der Waals surface area contributed by atoms with Crippen molar-refractivity contribution in [1.82, 2.24) is 15.2 Å². The number of piperidine rings is 1. The SMILES string of the molecule is O=C(NC1CCN(c2ccccc2C(=O)N2CCN(c3ccccn3)CC2)CC1)c1ccc([N+](=O)[O-])cc1. The third kappa shape index (κ3) is 5.59. The second-order valence-corrected chi connectivity index (χ2v) is 9.52. The number of carbonyl (C=O) groups is 2. The number of carbonyl (C=O) groups excluding carboxylic acids is 2. The normalized spacial score (nSPS) is 16.3. The van der Waals surface area contributed by atoms with Crippen LogP contribution in [0.1, 0.15) is 33.6 Å². The van der Waals surface area contributed by atoms with Crippen LogP contribution in [0.3, 0.4) is 0 Å². The molecule has 3 heterocycles. The Morgan fingerprint density at radius 3 is 2.18 bits per heavy atom. The van der Waals surface area contributed by atoms with E-state index in [2.05, 4.69) is 20.1 Å². The van der Waals surface area contributed by atoms with E-state index in [0.717, 1.165) is 37.4 Å². The van der Waals surface area contributed by atoms with E-state index >= 15 is 0 Å². The molecule has 2 saturated heterocycles. The fourth-order valence-electron chi connectivity index (χ4n) is 5.05. The van der Waals surface area contributed by atoms with Gasteiger partial charge in [0, 0.05) is 74.9 Å². The van der Waals surface area contributed by atoms with E-state index in [-0.39, 0.29) is 23.5 Å². The largest absolute Gasteiger partial charge is 0.371 e. The summed E-state index contributed by atoms with van der Waals surface area (Å²) in [6, 6.07) is 19.2. The lowest BCUT2D eigenvalue weighted by Crippen LogP contribution is -2.49. The molecule has 2 aliphatic heterocycles. The summed E-state index contributed by atoms with van der Waals surface area (Å²) in [5.74, 6) is 0.733. The van der Waals surface area contributed by atoms with Crippen molar-refractivity contribution >= 4 is 29.0 Å². The number of nitro groups is 1. The third-order valence-electron chi connectivity index (χ3n) is 7.19. The monoisotopic (exact) mass is 514 g/mol. The zero-order valence-corrected chi connectivity index (χ0v) is 21.0. The van der Waals surface area contributed by atoms with E-state index < -0.39 is 4.92 Å². The van der Waals surface area contributed by atoms with Gasteiger partial charge in [-0.3, -0.25) is 19.7 Å². The van der Waals surface area contributed by atoms with E-state index in [1.807, 2.05) is 47.4 Å². The number of hydrogen-bond acceptors (Lipinski definition) is 7. The first-order valence-electron chi connectivity index (χ1n) is 12.8. The number of amides is 2. The maximum atomic E-state index is 13.5. The molecule has 38 heavy (non-hydrogen) atoms. The van der Waals surface area contributed by atoms with Crippen LogP contribution in [0.25, 0.3) is 0 Å². The Labute approximate surface area is 221 Å². The van der Waals surface area contributed by atoms with Gasteiger partial charge in [-0.15, -0.1) is 0 Å². The molecule has 10 nitrogen and oxygen atoms in total. The molecule has 2 amide bonds. The van der Waals surface area contributed by atoms with Crippen molar-refractivity contribution in [1.29, 1.82) is 0 Å². The van der Waals surface area contributed by atoms with Crippen molar-refractivity contribution in [2.24, 2.45) is 0 Å². The molecule has 2 aliphatic rings. The molecule has 1 aromatic heterocycles. The molecule has 5 rings (SSSR count). The average molecular weight is 515 g/mol. The maximum Gasteiger partial charge on any atom is 0.269 e. The lowest BCUT2D eigenvalue weighted by atomic mass is 10.0. The Hall–Kier alpha value is -4.47. The van der Waals surface area contributed by atoms with E-state index in [1.165, 1.54) is 24.3 Å². The molecule has 0 bridgehead atoms. The number of nitrogens with one attached hydrogen (secondary N) is 1. The Kier molecular flexibility index (Phi) is 7.48. The van der Waals surface area contributed by atoms with Gasteiger partial charge in [0.2, 0.25) is 0 Å².